The summed E-state index contributed by atoms with van der Waals surface area (Å²) in [6.45, 7) is 0. The Labute approximate surface area is 120 Å². The van der Waals surface area contributed by atoms with Crippen LogP contribution in [0.1, 0.15) is 56.9 Å². The Morgan fingerprint density at radius 3 is 2.40 bits per heavy atom. The minimum atomic E-state index is -0.598. The van der Waals surface area contributed by atoms with Gasteiger partial charge in [0, 0.05) is 11.7 Å². The number of nitrogens with one attached hydrogen (secondary N) is 1. The quantitative estimate of drug-likeness (QED) is 0.786. The van der Waals surface area contributed by atoms with Gasteiger partial charge in [-0.25, -0.2) is 0 Å². The molecule has 0 amide bonds. The van der Waals surface area contributed by atoms with Gasteiger partial charge in [0.15, 0.2) is 0 Å². The van der Waals surface area contributed by atoms with Gasteiger partial charge in [-0.2, -0.15) is 0 Å². The smallest absolute Gasteiger partial charge is 0.0897 e. The summed E-state index contributed by atoms with van der Waals surface area (Å²) in [6.07, 6.45) is 11.8. The number of hydrogen-bond acceptors (Lipinski definition) is 1. The number of aromatic amines is 1. The van der Waals surface area contributed by atoms with Gasteiger partial charge in [-0.1, -0.05) is 18.9 Å². The van der Waals surface area contributed by atoms with Gasteiger partial charge in [-0.3, -0.25) is 0 Å². The van der Waals surface area contributed by atoms with Gasteiger partial charge >= 0.3 is 0 Å². The highest BCUT2D eigenvalue weighted by Crippen LogP contribution is 2.53. The van der Waals surface area contributed by atoms with E-state index in [9.17, 15) is 5.11 Å². The van der Waals surface area contributed by atoms with E-state index in [1.807, 2.05) is 6.20 Å². The van der Waals surface area contributed by atoms with Gasteiger partial charge in [0.2, 0.25) is 0 Å². The molecule has 2 saturated carbocycles. The van der Waals surface area contributed by atoms with Crippen LogP contribution >= 0.6 is 0 Å². The molecule has 2 heteroatoms. The summed E-state index contributed by atoms with van der Waals surface area (Å²) < 4.78 is 0. The number of fused-ring (bicyclic) bond motifs is 1. The molecule has 106 valence electrons. The maximum Gasteiger partial charge on any atom is 0.0897 e. The molecule has 2 aliphatic rings. The van der Waals surface area contributed by atoms with Crippen LogP contribution in [0.3, 0.4) is 0 Å². The molecule has 1 heterocycles. The molecule has 1 aromatic carbocycles. The van der Waals surface area contributed by atoms with E-state index in [0.29, 0.717) is 5.41 Å². The molecule has 0 saturated heterocycles. The highest BCUT2D eigenvalue weighted by molar-refractivity contribution is 5.80. The molecule has 0 aliphatic heterocycles. The number of rotatable bonds is 1. The molecule has 0 unspecified atom stereocenters. The van der Waals surface area contributed by atoms with Crippen molar-refractivity contribution in [3.63, 3.8) is 0 Å². The van der Waals surface area contributed by atoms with Crippen molar-refractivity contribution in [3.05, 3.63) is 36.0 Å². The predicted octanol–water partition coefficient (Wildman–Crippen LogP) is 4.49. The fourth-order valence-electron chi connectivity index (χ4n) is 4.45. The number of benzene rings is 1. The third-order valence-corrected chi connectivity index (χ3v) is 5.89. The maximum absolute atomic E-state index is 11.1. The van der Waals surface area contributed by atoms with E-state index in [0.717, 1.165) is 23.9 Å². The number of aromatic nitrogens is 1. The van der Waals surface area contributed by atoms with E-state index in [-0.39, 0.29) is 0 Å². The number of H-pyrrole nitrogens is 1. The van der Waals surface area contributed by atoms with Crippen molar-refractivity contribution in [1.29, 1.82) is 0 Å². The third kappa shape index (κ3) is 1.89. The first-order chi connectivity index (χ1) is 9.69. The molecular weight excluding hydrogens is 246 g/mol. The Bertz CT molecular complexity index is 611. The first kappa shape index (κ1) is 12.5. The van der Waals surface area contributed by atoms with Gasteiger partial charge in [-0.05, 0) is 73.1 Å². The Morgan fingerprint density at radius 1 is 0.900 bits per heavy atom. The topological polar surface area (TPSA) is 36.0 Å². The van der Waals surface area contributed by atoms with Crippen LogP contribution in [-0.4, -0.2) is 10.1 Å². The van der Waals surface area contributed by atoms with Crippen molar-refractivity contribution in [1.82, 2.24) is 4.98 Å². The highest BCUT2D eigenvalue weighted by atomic mass is 16.3. The standard InChI is InChI=1S/C18H23NO/c20-18(10-8-17(9-11-18)6-1-2-7-17)15-3-4-16-14(13-15)5-12-19-16/h3-5,12-13,19-20H,1-2,6-11H2. The summed E-state index contributed by atoms with van der Waals surface area (Å²) in [4.78, 5) is 3.22. The molecule has 1 aromatic heterocycles. The molecule has 2 nitrogen and oxygen atoms in total. The molecule has 0 bridgehead atoms. The largest absolute Gasteiger partial charge is 0.385 e. The molecular formula is C18H23NO. The van der Waals surface area contributed by atoms with Crippen molar-refractivity contribution in [2.45, 2.75) is 57.0 Å². The zero-order chi connectivity index (χ0) is 13.6. The lowest BCUT2D eigenvalue weighted by atomic mass is 9.66. The SMILES string of the molecule is OC1(c2ccc3[nH]ccc3c2)CCC2(CCCC2)CC1. The fraction of sp³-hybridized carbons (Fsp3) is 0.556. The van der Waals surface area contributed by atoms with Crippen molar-refractivity contribution in [2.24, 2.45) is 5.41 Å². The Hall–Kier alpha value is -1.28. The Kier molecular flexibility index (Phi) is 2.71. The van der Waals surface area contributed by atoms with E-state index in [1.165, 1.54) is 43.9 Å². The summed E-state index contributed by atoms with van der Waals surface area (Å²) in [7, 11) is 0. The lowest BCUT2D eigenvalue weighted by Gasteiger charge is -2.42. The molecule has 2 N–H and O–H groups in total. The molecule has 20 heavy (non-hydrogen) atoms. The molecule has 0 atom stereocenters. The minimum absolute atomic E-state index is 0.574. The minimum Gasteiger partial charge on any atom is -0.385 e. The molecule has 0 radical (unpaired) electrons. The zero-order valence-corrected chi connectivity index (χ0v) is 12.0. The van der Waals surface area contributed by atoms with Crippen LogP contribution in [0.2, 0.25) is 0 Å². The lowest BCUT2D eigenvalue weighted by Crippen LogP contribution is -2.35. The number of hydrogen-bond donors (Lipinski definition) is 2. The van der Waals surface area contributed by atoms with Crippen molar-refractivity contribution in [2.75, 3.05) is 0 Å². The molecule has 2 aromatic rings. The van der Waals surface area contributed by atoms with Crippen LogP contribution < -0.4 is 0 Å². The predicted molar refractivity (Wildman–Crippen MR) is 81.6 cm³/mol. The van der Waals surface area contributed by atoms with E-state index >= 15 is 0 Å². The molecule has 2 aliphatic carbocycles. The summed E-state index contributed by atoms with van der Waals surface area (Å²) in [5, 5.41) is 12.3. The van der Waals surface area contributed by atoms with Crippen LogP contribution in [0.15, 0.2) is 30.5 Å². The van der Waals surface area contributed by atoms with Crippen LogP contribution in [-0.2, 0) is 5.60 Å². The first-order valence-corrected chi connectivity index (χ1v) is 7.99. The highest BCUT2D eigenvalue weighted by Gasteiger charge is 2.43. The van der Waals surface area contributed by atoms with Crippen molar-refractivity contribution >= 4 is 10.9 Å². The van der Waals surface area contributed by atoms with E-state index in [4.69, 9.17) is 0 Å². The second-order valence-corrected chi connectivity index (χ2v) is 7.02. The summed E-state index contributed by atoms with van der Waals surface area (Å²) in [5.74, 6) is 0. The summed E-state index contributed by atoms with van der Waals surface area (Å²) in [5.41, 5.74) is 2.24. The molecule has 2 fully saturated rings. The Balaban J connectivity index is 1.61. The Morgan fingerprint density at radius 2 is 1.65 bits per heavy atom. The van der Waals surface area contributed by atoms with E-state index < -0.39 is 5.60 Å². The summed E-state index contributed by atoms with van der Waals surface area (Å²) >= 11 is 0. The third-order valence-electron chi connectivity index (χ3n) is 5.89. The zero-order valence-electron chi connectivity index (χ0n) is 12.0. The van der Waals surface area contributed by atoms with Crippen LogP contribution in [0.5, 0.6) is 0 Å². The van der Waals surface area contributed by atoms with Gasteiger partial charge in [0.25, 0.3) is 0 Å². The maximum atomic E-state index is 11.1. The first-order valence-electron chi connectivity index (χ1n) is 7.99. The average Bonchev–Trinajstić information content (AvgIpc) is 3.11. The van der Waals surface area contributed by atoms with Gasteiger partial charge < -0.3 is 10.1 Å². The van der Waals surface area contributed by atoms with E-state index in [1.54, 1.807) is 0 Å². The molecule has 4 rings (SSSR count). The molecule has 1 spiro atoms. The van der Waals surface area contributed by atoms with E-state index in [2.05, 4.69) is 29.2 Å². The van der Waals surface area contributed by atoms with Gasteiger partial charge in [0.1, 0.15) is 0 Å². The van der Waals surface area contributed by atoms with Crippen LogP contribution in [0.4, 0.5) is 0 Å². The van der Waals surface area contributed by atoms with Crippen molar-refractivity contribution < 1.29 is 5.11 Å². The van der Waals surface area contributed by atoms with Crippen LogP contribution in [0.25, 0.3) is 10.9 Å². The summed E-state index contributed by atoms with van der Waals surface area (Å²) in [6, 6.07) is 8.45. The normalized spacial score (nSPS) is 24.4. The van der Waals surface area contributed by atoms with Gasteiger partial charge in [-0.15, -0.1) is 0 Å². The number of aliphatic hydroxyl groups is 1. The average molecular weight is 269 g/mol. The second kappa shape index (κ2) is 4.36. The van der Waals surface area contributed by atoms with Crippen LogP contribution in [0, 0.1) is 5.41 Å². The van der Waals surface area contributed by atoms with Gasteiger partial charge in [0.05, 0.1) is 5.60 Å². The monoisotopic (exact) mass is 269 g/mol. The second-order valence-electron chi connectivity index (χ2n) is 7.02. The van der Waals surface area contributed by atoms with Crippen molar-refractivity contribution in [3.8, 4) is 0 Å². The lowest BCUT2D eigenvalue weighted by molar-refractivity contribution is -0.0375. The fourth-order valence-corrected chi connectivity index (χ4v) is 4.45.